The lowest BCUT2D eigenvalue weighted by molar-refractivity contribution is 0.0701. The molecule has 0 unspecified atom stereocenters. The SMILES string of the molecule is Cc1ccn(CCc2nc(C)c(C(=O)O)s2)c(=O)c1. The molecule has 0 bridgehead atoms. The highest BCUT2D eigenvalue weighted by molar-refractivity contribution is 7.13. The summed E-state index contributed by atoms with van der Waals surface area (Å²) in [6.45, 7) is 4.06. The van der Waals surface area contributed by atoms with Gasteiger partial charge >= 0.3 is 5.97 Å². The number of aromatic carboxylic acids is 1. The Morgan fingerprint density at radius 1 is 1.47 bits per heavy atom. The molecule has 0 fully saturated rings. The van der Waals surface area contributed by atoms with Gasteiger partial charge in [0, 0.05) is 25.2 Å². The first kappa shape index (κ1) is 13.5. The van der Waals surface area contributed by atoms with Crippen LogP contribution in [-0.2, 0) is 13.0 Å². The lowest BCUT2D eigenvalue weighted by Gasteiger charge is -2.03. The number of aryl methyl sites for hydroxylation is 4. The van der Waals surface area contributed by atoms with E-state index in [0.717, 1.165) is 10.6 Å². The minimum atomic E-state index is -0.950. The maximum absolute atomic E-state index is 11.7. The summed E-state index contributed by atoms with van der Waals surface area (Å²) in [5.74, 6) is -0.950. The molecule has 0 aliphatic rings. The number of carbonyl (C=O) groups is 1. The Morgan fingerprint density at radius 2 is 2.21 bits per heavy atom. The highest BCUT2D eigenvalue weighted by atomic mass is 32.1. The topological polar surface area (TPSA) is 72.2 Å². The third-order valence-corrected chi connectivity index (χ3v) is 3.96. The van der Waals surface area contributed by atoms with Crippen LogP contribution < -0.4 is 5.56 Å². The molecule has 2 aromatic heterocycles. The molecule has 2 heterocycles. The van der Waals surface area contributed by atoms with Gasteiger partial charge in [-0.15, -0.1) is 11.3 Å². The normalized spacial score (nSPS) is 10.6. The van der Waals surface area contributed by atoms with Crippen LogP contribution in [0.15, 0.2) is 23.1 Å². The van der Waals surface area contributed by atoms with Gasteiger partial charge < -0.3 is 9.67 Å². The van der Waals surface area contributed by atoms with Gasteiger partial charge in [-0.2, -0.15) is 0 Å². The van der Waals surface area contributed by atoms with E-state index in [1.165, 1.54) is 11.3 Å². The van der Waals surface area contributed by atoms with Crippen LogP contribution in [-0.4, -0.2) is 20.6 Å². The minimum Gasteiger partial charge on any atom is -0.477 e. The molecule has 0 aliphatic carbocycles. The van der Waals surface area contributed by atoms with Crippen LogP contribution in [0, 0.1) is 13.8 Å². The molecule has 2 aromatic rings. The molecule has 0 spiro atoms. The number of hydrogen-bond acceptors (Lipinski definition) is 4. The Hall–Kier alpha value is -1.95. The van der Waals surface area contributed by atoms with Crippen molar-refractivity contribution in [2.75, 3.05) is 0 Å². The second-order valence-electron chi connectivity index (χ2n) is 4.31. The quantitative estimate of drug-likeness (QED) is 0.926. The zero-order chi connectivity index (χ0) is 14.0. The Kier molecular flexibility index (Phi) is 3.80. The van der Waals surface area contributed by atoms with Gasteiger partial charge in [-0.1, -0.05) is 0 Å². The molecule has 0 atom stereocenters. The number of hydrogen-bond donors (Lipinski definition) is 1. The first-order valence-electron chi connectivity index (χ1n) is 5.84. The fourth-order valence-corrected chi connectivity index (χ4v) is 2.66. The van der Waals surface area contributed by atoms with Crippen molar-refractivity contribution in [2.24, 2.45) is 0 Å². The van der Waals surface area contributed by atoms with Crippen LogP contribution in [0.5, 0.6) is 0 Å². The van der Waals surface area contributed by atoms with Gasteiger partial charge in [0.1, 0.15) is 4.88 Å². The van der Waals surface area contributed by atoms with Gasteiger partial charge in [-0.25, -0.2) is 9.78 Å². The predicted molar refractivity (Wildman–Crippen MR) is 73.0 cm³/mol. The average Bonchev–Trinajstić information content (AvgIpc) is 2.69. The molecule has 1 N–H and O–H groups in total. The van der Waals surface area contributed by atoms with Crippen molar-refractivity contribution < 1.29 is 9.90 Å². The van der Waals surface area contributed by atoms with Gasteiger partial charge in [0.25, 0.3) is 5.56 Å². The third-order valence-electron chi connectivity index (χ3n) is 2.75. The van der Waals surface area contributed by atoms with Crippen molar-refractivity contribution in [2.45, 2.75) is 26.8 Å². The molecular weight excluding hydrogens is 264 g/mol. The summed E-state index contributed by atoms with van der Waals surface area (Å²) < 4.78 is 1.60. The van der Waals surface area contributed by atoms with Crippen LogP contribution in [0.1, 0.15) is 25.9 Å². The van der Waals surface area contributed by atoms with Gasteiger partial charge in [0.15, 0.2) is 0 Å². The maximum Gasteiger partial charge on any atom is 0.347 e. The molecule has 100 valence electrons. The molecule has 0 radical (unpaired) electrons. The van der Waals surface area contributed by atoms with Crippen molar-refractivity contribution in [3.05, 3.63) is 49.8 Å². The zero-order valence-corrected chi connectivity index (χ0v) is 11.5. The standard InChI is InChI=1S/C13H14N2O3S/c1-8-3-5-15(11(16)7-8)6-4-10-14-9(2)12(19-10)13(17)18/h3,5,7H,4,6H2,1-2H3,(H,17,18). The smallest absolute Gasteiger partial charge is 0.347 e. The summed E-state index contributed by atoms with van der Waals surface area (Å²) in [6.07, 6.45) is 2.30. The lowest BCUT2D eigenvalue weighted by Crippen LogP contribution is -2.19. The van der Waals surface area contributed by atoms with E-state index in [-0.39, 0.29) is 10.4 Å². The molecule has 19 heavy (non-hydrogen) atoms. The van der Waals surface area contributed by atoms with E-state index in [1.807, 2.05) is 13.0 Å². The molecule has 0 saturated carbocycles. The van der Waals surface area contributed by atoms with Gasteiger partial charge in [-0.05, 0) is 25.5 Å². The van der Waals surface area contributed by atoms with Crippen LogP contribution in [0.2, 0.25) is 0 Å². The van der Waals surface area contributed by atoms with Gasteiger partial charge in [-0.3, -0.25) is 4.79 Å². The number of carboxylic acid groups (broad SMARTS) is 1. The van der Waals surface area contributed by atoms with E-state index < -0.39 is 5.97 Å². The van der Waals surface area contributed by atoms with E-state index >= 15 is 0 Å². The number of carboxylic acids is 1. The summed E-state index contributed by atoms with van der Waals surface area (Å²) in [5.41, 5.74) is 1.41. The highest BCUT2D eigenvalue weighted by Crippen LogP contribution is 2.18. The lowest BCUT2D eigenvalue weighted by atomic mass is 10.3. The molecule has 5 nitrogen and oxygen atoms in total. The van der Waals surface area contributed by atoms with Crippen molar-refractivity contribution >= 4 is 17.3 Å². The fourth-order valence-electron chi connectivity index (χ4n) is 1.77. The Bertz CT molecular complexity index is 673. The summed E-state index contributed by atoms with van der Waals surface area (Å²) >= 11 is 1.17. The van der Waals surface area contributed by atoms with E-state index in [0.29, 0.717) is 18.7 Å². The molecule has 0 saturated heterocycles. The van der Waals surface area contributed by atoms with E-state index in [4.69, 9.17) is 5.11 Å². The second kappa shape index (κ2) is 5.36. The maximum atomic E-state index is 11.7. The predicted octanol–water partition coefficient (Wildman–Crippen LogP) is 1.86. The fraction of sp³-hybridized carbons (Fsp3) is 0.308. The van der Waals surface area contributed by atoms with E-state index in [1.54, 1.807) is 23.8 Å². The third kappa shape index (κ3) is 3.08. The second-order valence-corrected chi connectivity index (χ2v) is 5.40. The summed E-state index contributed by atoms with van der Waals surface area (Å²) in [7, 11) is 0. The summed E-state index contributed by atoms with van der Waals surface area (Å²) in [4.78, 5) is 27.1. The van der Waals surface area contributed by atoms with Crippen LogP contribution in [0.4, 0.5) is 0 Å². The Morgan fingerprint density at radius 3 is 2.79 bits per heavy atom. The molecule has 0 aromatic carbocycles. The van der Waals surface area contributed by atoms with Crippen molar-refractivity contribution in [3.8, 4) is 0 Å². The van der Waals surface area contributed by atoms with Crippen molar-refractivity contribution in [1.29, 1.82) is 0 Å². The van der Waals surface area contributed by atoms with Crippen LogP contribution >= 0.6 is 11.3 Å². The molecule has 0 amide bonds. The average molecular weight is 278 g/mol. The monoisotopic (exact) mass is 278 g/mol. The van der Waals surface area contributed by atoms with Crippen molar-refractivity contribution in [3.63, 3.8) is 0 Å². The molecule has 6 heteroatoms. The highest BCUT2D eigenvalue weighted by Gasteiger charge is 2.13. The number of thiazole rings is 1. The van der Waals surface area contributed by atoms with Crippen LogP contribution in [0.25, 0.3) is 0 Å². The number of pyridine rings is 1. The van der Waals surface area contributed by atoms with Crippen LogP contribution in [0.3, 0.4) is 0 Å². The van der Waals surface area contributed by atoms with Gasteiger partial charge in [0.2, 0.25) is 0 Å². The first-order chi connectivity index (χ1) is 8.97. The van der Waals surface area contributed by atoms with Gasteiger partial charge in [0.05, 0.1) is 10.7 Å². The Balaban J connectivity index is 2.12. The zero-order valence-electron chi connectivity index (χ0n) is 10.7. The largest absolute Gasteiger partial charge is 0.477 e. The molecule has 2 rings (SSSR count). The number of nitrogens with zero attached hydrogens (tertiary/aromatic N) is 2. The number of rotatable bonds is 4. The van der Waals surface area contributed by atoms with Crippen molar-refractivity contribution in [1.82, 2.24) is 9.55 Å². The molecular formula is C13H14N2O3S. The first-order valence-corrected chi connectivity index (χ1v) is 6.65. The van der Waals surface area contributed by atoms with E-state index in [2.05, 4.69) is 4.98 Å². The summed E-state index contributed by atoms with van der Waals surface area (Å²) in [6, 6.07) is 3.45. The Labute approximate surface area is 114 Å². The summed E-state index contributed by atoms with van der Waals surface area (Å²) in [5, 5.41) is 9.69. The molecule has 0 aliphatic heterocycles. The number of aromatic nitrogens is 2. The van der Waals surface area contributed by atoms with E-state index in [9.17, 15) is 9.59 Å². The minimum absolute atomic E-state index is 0.0493.